The van der Waals surface area contributed by atoms with Gasteiger partial charge in [0.05, 0.1) is 12.2 Å². The highest BCUT2D eigenvalue weighted by Gasteiger charge is 2.39. The maximum absolute atomic E-state index is 12.5. The zero-order valence-corrected chi connectivity index (χ0v) is 14.1. The van der Waals surface area contributed by atoms with Crippen molar-refractivity contribution in [1.29, 1.82) is 0 Å². The van der Waals surface area contributed by atoms with E-state index >= 15 is 0 Å². The van der Waals surface area contributed by atoms with E-state index in [0.717, 1.165) is 32.4 Å². The Labute approximate surface area is 124 Å². The fourth-order valence-corrected chi connectivity index (χ4v) is 2.71. The first-order valence-corrected chi connectivity index (χ1v) is 8.15. The van der Waals surface area contributed by atoms with Gasteiger partial charge in [0, 0.05) is 12.6 Å². The molecule has 0 spiro atoms. The van der Waals surface area contributed by atoms with E-state index in [4.69, 9.17) is 0 Å². The van der Waals surface area contributed by atoms with Crippen LogP contribution < -0.4 is 5.32 Å². The largest absolute Gasteiger partial charge is 0.326 e. The molecular weight excluding hydrogens is 250 g/mol. The normalized spacial score (nSPS) is 23.6. The first-order valence-electron chi connectivity index (χ1n) is 8.15. The Balaban J connectivity index is 2.53. The number of hydrogen-bond acceptors (Lipinski definition) is 3. The van der Waals surface area contributed by atoms with Gasteiger partial charge in [0.15, 0.2) is 0 Å². The average molecular weight is 283 g/mol. The molecule has 1 amide bonds. The molecule has 1 rings (SSSR count). The lowest BCUT2D eigenvalue weighted by atomic mass is 10.1. The maximum Gasteiger partial charge on any atom is 0.241 e. The van der Waals surface area contributed by atoms with Crippen LogP contribution in [0.1, 0.15) is 53.9 Å². The molecule has 1 saturated heterocycles. The van der Waals surface area contributed by atoms with Gasteiger partial charge in [-0.2, -0.15) is 0 Å². The summed E-state index contributed by atoms with van der Waals surface area (Å²) in [6, 6.07) is 0.576. The monoisotopic (exact) mass is 283 g/mol. The lowest BCUT2D eigenvalue weighted by Crippen LogP contribution is -2.39. The molecule has 0 aromatic rings. The minimum atomic E-state index is 0.00868. The second-order valence-electron chi connectivity index (χ2n) is 6.65. The summed E-state index contributed by atoms with van der Waals surface area (Å²) in [6.07, 6.45) is 3.45. The van der Waals surface area contributed by atoms with Crippen molar-refractivity contribution >= 4 is 5.91 Å². The van der Waals surface area contributed by atoms with Crippen molar-refractivity contribution in [3.05, 3.63) is 0 Å². The third-order valence-corrected chi connectivity index (χ3v) is 4.32. The number of rotatable bonds is 8. The molecule has 2 unspecified atom stereocenters. The molecule has 0 radical (unpaired) electrons. The number of carbonyl (C=O) groups excluding carboxylic acids is 1. The molecule has 118 valence electrons. The SMILES string of the molecule is CCCC1NC(C(C)C)C(=O)N1CCCN(C)C(C)C. The Morgan fingerprint density at radius 2 is 1.95 bits per heavy atom. The smallest absolute Gasteiger partial charge is 0.241 e. The van der Waals surface area contributed by atoms with E-state index in [2.05, 4.69) is 56.8 Å². The molecule has 1 heterocycles. The number of nitrogens with one attached hydrogen (secondary N) is 1. The standard InChI is InChI=1S/C16H33N3O/c1-7-9-14-17-15(12(2)3)16(20)19(14)11-8-10-18(6)13(4)5/h12-15,17H,7-11H2,1-6H3. The van der Waals surface area contributed by atoms with E-state index in [0.29, 0.717) is 17.9 Å². The van der Waals surface area contributed by atoms with Gasteiger partial charge in [-0.05, 0) is 46.2 Å². The van der Waals surface area contributed by atoms with Crippen LogP contribution in [0.25, 0.3) is 0 Å². The molecule has 0 aliphatic carbocycles. The van der Waals surface area contributed by atoms with Crippen LogP contribution in [0.2, 0.25) is 0 Å². The van der Waals surface area contributed by atoms with Gasteiger partial charge in [0.1, 0.15) is 0 Å². The quantitative estimate of drug-likeness (QED) is 0.742. The van der Waals surface area contributed by atoms with E-state index in [-0.39, 0.29) is 12.2 Å². The third kappa shape index (κ3) is 4.45. The average Bonchev–Trinajstić information content (AvgIpc) is 2.67. The molecule has 0 aromatic heterocycles. The van der Waals surface area contributed by atoms with E-state index < -0.39 is 0 Å². The van der Waals surface area contributed by atoms with Crippen LogP contribution in [0.3, 0.4) is 0 Å². The molecular formula is C16H33N3O. The van der Waals surface area contributed by atoms with Gasteiger partial charge < -0.3 is 9.80 Å². The zero-order chi connectivity index (χ0) is 15.3. The fourth-order valence-electron chi connectivity index (χ4n) is 2.71. The summed E-state index contributed by atoms with van der Waals surface area (Å²) in [6.45, 7) is 12.8. The van der Waals surface area contributed by atoms with E-state index in [1.165, 1.54) is 0 Å². The second-order valence-corrected chi connectivity index (χ2v) is 6.65. The van der Waals surface area contributed by atoms with Crippen LogP contribution in [0.4, 0.5) is 0 Å². The minimum absolute atomic E-state index is 0.00868. The maximum atomic E-state index is 12.5. The Morgan fingerprint density at radius 3 is 2.45 bits per heavy atom. The first kappa shape index (κ1) is 17.4. The van der Waals surface area contributed by atoms with Gasteiger partial charge in [0.25, 0.3) is 0 Å². The molecule has 1 aliphatic heterocycles. The molecule has 1 fully saturated rings. The first-order chi connectivity index (χ1) is 9.38. The number of amides is 1. The predicted molar refractivity (Wildman–Crippen MR) is 84.6 cm³/mol. The Morgan fingerprint density at radius 1 is 1.30 bits per heavy atom. The van der Waals surface area contributed by atoms with Gasteiger partial charge in [-0.25, -0.2) is 0 Å². The van der Waals surface area contributed by atoms with Crippen LogP contribution in [-0.2, 0) is 4.79 Å². The second kappa shape index (κ2) is 7.99. The predicted octanol–water partition coefficient (Wildman–Crippen LogP) is 2.30. The van der Waals surface area contributed by atoms with Crippen LogP contribution in [0, 0.1) is 5.92 Å². The zero-order valence-electron chi connectivity index (χ0n) is 14.1. The highest BCUT2D eigenvalue weighted by atomic mass is 16.2. The van der Waals surface area contributed by atoms with Crippen molar-refractivity contribution in [1.82, 2.24) is 15.1 Å². The summed E-state index contributed by atoms with van der Waals surface area (Å²) in [4.78, 5) is 16.9. The van der Waals surface area contributed by atoms with Gasteiger partial charge in [-0.3, -0.25) is 10.1 Å². The molecule has 0 saturated carbocycles. The van der Waals surface area contributed by atoms with Crippen molar-refractivity contribution in [3.8, 4) is 0 Å². The lowest BCUT2D eigenvalue weighted by Gasteiger charge is -2.26. The van der Waals surface area contributed by atoms with Crippen molar-refractivity contribution in [2.75, 3.05) is 20.1 Å². The highest BCUT2D eigenvalue weighted by molar-refractivity contribution is 5.84. The molecule has 2 atom stereocenters. The van der Waals surface area contributed by atoms with Crippen molar-refractivity contribution in [2.45, 2.75) is 72.1 Å². The van der Waals surface area contributed by atoms with E-state index in [1.54, 1.807) is 0 Å². The van der Waals surface area contributed by atoms with Crippen LogP contribution in [-0.4, -0.2) is 54.1 Å². The molecule has 1 N–H and O–H groups in total. The Bertz CT molecular complexity index is 304. The van der Waals surface area contributed by atoms with Crippen molar-refractivity contribution in [2.24, 2.45) is 5.92 Å². The topological polar surface area (TPSA) is 35.6 Å². The lowest BCUT2D eigenvalue weighted by molar-refractivity contribution is -0.130. The molecule has 0 aromatic carbocycles. The summed E-state index contributed by atoms with van der Waals surface area (Å²) in [7, 11) is 2.15. The fraction of sp³-hybridized carbons (Fsp3) is 0.938. The minimum Gasteiger partial charge on any atom is -0.326 e. The van der Waals surface area contributed by atoms with E-state index in [9.17, 15) is 4.79 Å². The number of nitrogens with zero attached hydrogens (tertiary/aromatic N) is 2. The van der Waals surface area contributed by atoms with Crippen molar-refractivity contribution < 1.29 is 4.79 Å². The van der Waals surface area contributed by atoms with Crippen molar-refractivity contribution in [3.63, 3.8) is 0 Å². The van der Waals surface area contributed by atoms with Gasteiger partial charge >= 0.3 is 0 Å². The van der Waals surface area contributed by atoms with E-state index in [1.807, 2.05) is 0 Å². The van der Waals surface area contributed by atoms with Gasteiger partial charge in [-0.1, -0.05) is 27.2 Å². The highest BCUT2D eigenvalue weighted by Crippen LogP contribution is 2.20. The summed E-state index contributed by atoms with van der Waals surface area (Å²) >= 11 is 0. The molecule has 20 heavy (non-hydrogen) atoms. The van der Waals surface area contributed by atoms with Crippen LogP contribution >= 0.6 is 0 Å². The van der Waals surface area contributed by atoms with Crippen LogP contribution in [0.5, 0.6) is 0 Å². The molecule has 1 aliphatic rings. The molecule has 4 heteroatoms. The molecule has 4 nitrogen and oxygen atoms in total. The molecule has 0 bridgehead atoms. The van der Waals surface area contributed by atoms with Gasteiger partial charge in [-0.15, -0.1) is 0 Å². The summed E-state index contributed by atoms with van der Waals surface area (Å²) in [5.74, 6) is 0.663. The third-order valence-electron chi connectivity index (χ3n) is 4.32. The summed E-state index contributed by atoms with van der Waals surface area (Å²) < 4.78 is 0. The van der Waals surface area contributed by atoms with Crippen LogP contribution in [0.15, 0.2) is 0 Å². The number of hydrogen-bond donors (Lipinski definition) is 1. The van der Waals surface area contributed by atoms with Gasteiger partial charge in [0.2, 0.25) is 5.91 Å². The summed E-state index contributed by atoms with van der Waals surface area (Å²) in [5, 5.41) is 3.51. The Kier molecular flexibility index (Phi) is 6.96. The Hall–Kier alpha value is -0.610. The number of carbonyl (C=O) groups is 1. The summed E-state index contributed by atoms with van der Waals surface area (Å²) in [5.41, 5.74) is 0.